The highest BCUT2D eigenvalue weighted by molar-refractivity contribution is 5.69. The van der Waals surface area contributed by atoms with E-state index in [0.29, 0.717) is 6.07 Å². The minimum absolute atomic E-state index is 0.0506. The van der Waals surface area contributed by atoms with Crippen molar-refractivity contribution in [3.05, 3.63) is 58.7 Å². The molecular formula is C13H7F6N. The smallest absolute Gasteiger partial charge is 0.200 e. The fraction of sp³-hybridized carbons (Fsp3) is 0.0769. The Morgan fingerprint density at radius 2 is 1.25 bits per heavy atom. The van der Waals surface area contributed by atoms with Gasteiger partial charge in [-0.2, -0.15) is 0 Å². The number of hydrogen-bond donors (Lipinski definition) is 1. The van der Waals surface area contributed by atoms with Gasteiger partial charge >= 0.3 is 0 Å². The molecule has 0 bridgehead atoms. The Hall–Kier alpha value is -2.02. The summed E-state index contributed by atoms with van der Waals surface area (Å²) in [5.74, 6) is -11.4. The molecule has 2 rings (SSSR count). The molecule has 2 aromatic rings. The van der Waals surface area contributed by atoms with E-state index < -0.39 is 46.0 Å². The summed E-state index contributed by atoms with van der Waals surface area (Å²) in [6.45, 7) is -0.255. The lowest BCUT2D eigenvalue weighted by molar-refractivity contribution is 0.381. The lowest BCUT2D eigenvalue weighted by Gasteiger charge is -2.12. The lowest BCUT2D eigenvalue weighted by atomic mass is 9.98. The van der Waals surface area contributed by atoms with Gasteiger partial charge in [0.2, 0.25) is 5.82 Å². The van der Waals surface area contributed by atoms with Crippen molar-refractivity contribution in [1.29, 1.82) is 0 Å². The molecule has 0 aliphatic rings. The molecule has 0 amide bonds. The van der Waals surface area contributed by atoms with E-state index >= 15 is 0 Å². The van der Waals surface area contributed by atoms with Crippen molar-refractivity contribution in [2.45, 2.75) is 6.54 Å². The topological polar surface area (TPSA) is 26.0 Å². The second-order valence-electron chi connectivity index (χ2n) is 3.95. The first kappa shape index (κ1) is 14.4. The van der Waals surface area contributed by atoms with E-state index in [1.54, 1.807) is 0 Å². The zero-order valence-electron chi connectivity index (χ0n) is 9.78. The van der Waals surface area contributed by atoms with Crippen LogP contribution in [0, 0.1) is 34.9 Å². The van der Waals surface area contributed by atoms with Gasteiger partial charge in [-0.25, -0.2) is 26.3 Å². The molecule has 0 unspecified atom stereocenters. The average Bonchev–Trinajstić information content (AvgIpc) is 2.43. The van der Waals surface area contributed by atoms with Gasteiger partial charge in [-0.3, -0.25) is 0 Å². The van der Waals surface area contributed by atoms with Gasteiger partial charge in [0.15, 0.2) is 23.3 Å². The Labute approximate surface area is 109 Å². The number of hydrogen-bond acceptors (Lipinski definition) is 1. The number of halogens is 6. The lowest BCUT2D eigenvalue weighted by Crippen LogP contribution is -2.07. The Morgan fingerprint density at radius 3 is 1.75 bits per heavy atom. The van der Waals surface area contributed by atoms with E-state index in [9.17, 15) is 26.3 Å². The van der Waals surface area contributed by atoms with Crippen LogP contribution >= 0.6 is 0 Å². The van der Waals surface area contributed by atoms with Crippen molar-refractivity contribution < 1.29 is 26.3 Å². The van der Waals surface area contributed by atoms with Crippen LogP contribution in [0.3, 0.4) is 0 Å². The van der Waals surface area contributed by atoms with Gasteiger partial charge in [0.25, 0.3) is 0 Å². The Kier molecular flexibility index (Phi) is 3.71. The third-order valence-corrected chi connectivity index (χ3v) is 2.77. The monoisotopic (exact) mass is 291 g/mol. The van der Waals surface area contributed by atoms with Crippen molar-refractivity contribution in [2.24, 2.45) is 5.73 Å². The number of benzene rings is 2. The Bertz CT molecular complexity index is 654. The summed E-state index contributed by atoms with van der Waals surface area (Å²) in [6, 6.07) is 2.75. The summed E-state index contributed by atoms with van der Waals surface area (Å²) in [6.07, 6.45) is 0. The third-order valence-electron chi connectivity index (χ3n) is 2.77. The molecule has 0 saturated heterocycles. The van der Waals surface area contributed by atoms with E-state index in [0.717, 1.165) is 12.1 Å². The summed E-state index contributed by atoms with van der Waals surface area (Å²) in [5.41, 5.74) is 3.70. The van der Waals surface area contributed by atoms with Crippen LogP contribution in [0.25, 0.3) is 11.1 Å². The first-order chi connectivity index (χ1) is 9.38. The van der Waals surface area contributed by atoms with Crippen LogP contribution in [0.5, 0.6) is 0 Å². The minimum Gasteiger partial charge on any atom is -0.326 e. The van der Waals surface area contributed by atoms with E-state index in [2.05, 4.69) is 0 Å². The predicted molar refractivity (Wildman–Crippen MR) is 59.5 cm³/mol. The quantitative estimate of drug-likeness (QED) is 0.510. The van der Waals surface area contributed by atoms with E-state index in [4.69, 9.17) is 5.73 Å². The summed E-state index contributed by atoms with van der Waals surface area (Å²) in [4.78, 5) is 0. The van der Waals surface area contributed by atoms with Gasteiger partial charge in [0.05, 0.1) is 5.56 Å². The first-order valence-corrected chi connectivity index (χ1v) is 5.38. The van der Waals surface area contributed by atoms with Gasteiger partial charge in [0.1, 0.15) is 5.82 Å². The van der Waals surface area contributed by atoms with Crippen molar-refractivity contribution in [1.82, 2.24) is 0 Å². The van der Waals surface area contributed by atoms with Crippen LogP contribution in [-0.2, 0) is 6.54 Å². The highest BCUT2D eigenvalue weighted by Gasteiger charge is 2.27. The van der Waals surface area contributed by atoms with Gasteiger partial charge in [0, 0.05) is 6.54 Å². The number of rotatable bonds is 2. The predicted octanol–water partition coefficient (Wildman–Crippen LogP) is 3.65. The van der Waals surface area contributed by atoms with Crippen LogP contribution in [0.2, 0.25) is 0 Å². The van der Waals surface area contributed by atoms with Crippen molar-refractivity contribution in [3.63, 3.8) is 0 Å². The summed E-state index contributed by atoms with van der Waals surface area (Å²) < 4.78 is 79.7. The van der Waals surface area contributed by atoms with Crippen molar-refractivity contribution in [3.8, 4) is 11.1 Å². The molecule has 0 radical (unpaired) electrons. The summed E-state index contributed by atoms with van der Waals surface area (Å²) in [5, 5.41) is 0. The van der Waals surface area contributed by atoms with Crippen LogP contribution in [0.1, 0.15) is 5.56 Å². The molecule has 0 saturated carbocycles. The third kappa shape index (κ3) is 2.14. The fourth-order valence-corrected chi connectivity index (χ4v) is 1.80. The molecule has 2 aromatic carbocycles. The van der Waals surface area contributed by atoms with E-state index in [1.165, 1.54) is 0 Å². The zero-order chi connectivity index (χ0) is 15.0. The van der Waals surface area contributed by atoms with Gasteiger partial charge in [-0.1, -0.05) is 6.07 Å². The van der Waals surface area contributed by atoms with Crippen molar-refractivity contribution >= 4 is 0 Å². The van der Waals surface area contributed by atoms with Gasteiger partial charge in [-0.15, -0.1) is 0 Å². The second-order valence-corrected chi connectivity index (χ2v) is 3.95. The molecule has 0 aliphatic carbocycles. The van der Waals surface area contributed by atoms with E-state index in [1.807, 2.05) is 0 Å². The molecule has 20 heavy (non-hydrogen) atoms. The highest BCUT2D eigenvalue weighted by atomic mass is 19.2. The summed E-state index contributed by atoms with van der Waals surface area (Å²) in [7, 11) is 0. The molecule has 0 heterocycles. The molecule has 0 atom stereocenters. The Morgan fingerprint density at radius 1 is 0.750 bits per heavy atom. The highest BCUT2D eigenvalue weighted by Crippen LogP contribution is 2.33. The average molecular weight is 291 g/mol. The molecular weight excluding hydrogens is 284 g/mol. The van der Waals surface area contributed by atoms with Crippen LogP contribution in [-0.4, -0.2) is 0 Å². The summed E-state index contributed by atoms with van der Waals surface area (Å²) >= 11 is 0. The van der Waals surface area contributed by atoms with Crippen LogP contribution < -0.4 is 5.73 Å². The van der Waals surface area contributed by atoms with Crippen molar-refractivity contribution in [2.75, 3.05) is 0 Å². The fourth-order valence-electron chi connectivity index (χ4n) is 1.80. The Balaban J connectivity index is 2.86. The SMILES string of the molecule is NCc1ccc(F)cc1-c1c(F)c(F)c(F)c(F)c1F. The zero-order valence-corrected chi connectivity index (χ0v) is 9.78. The first-order valence-electron chi connectivity index (χ1n) is 5.38. The molecule has 0 aliphatic heterocycles. The number of nitrogens with two attached hydrogens (primary N) is 1. The molecule has 0 aromatic heterocycles. The molecule has 7 heteroatoms. The maximum absolute atomic E-state index is 13.7. The minimum atomic E-state index is -2.27. The van der Waals surface area contributed by atoms with Gasteiger partial charge in [-0.05, 0) is 23.3 Å². The molecule has 1 nitrogen and oxygen atoms in total. The van der Waals surface area contributed by atoms with Crippen LogP contribution in [0.4, 0.5) is 26.3 Å². The molecule has 2 N–H and O–H groups in total. The van der Waals surface area contributed by atoms with Crippen LogP contribution in [0.15, 0.2) is 18.2 Å². The molecule has 0 spiro atoms. The standard InChI is InChI=1S/C13H7F6N/c14-6-2-1-5(4-20)7(3-6)8-9(15)11(17)13(19)12(18)10(8)16/h1-3H,4,20H2. The largest absolute Gasteiger partial charge is 0.326 e. The van der Waals surface area contributed by atoms with Gasteiger partial charge < -0.3 is 5.73 Å². The van der Waals surface area contributed by atoms with E-state index in [-0.39, 0.29) is 12.1 Å². The maximum atomic E-state index is 13.7. The second kappa shape index (κ2) is 5.16. The normalized spacial score (nSPS) is 10.9. The molecule has 0 fully saturated rings. The maximum Gasteiger partial charge on any atom is 0.200 e. The molecule has 106 valence electrons.